The van der Waals surface area contributed by atoms with E-state index >= 15 is 0 Å². The molecule has 1 aliphatic heterocycles. The minimum atomic E-state index is -0.592. The number of piperidine rings is 1. The normalized spacial score (nSPS) is 17.4. The summed E-state index contributed by atoms with van der Waals surface area (Å²) in [6, 6.07) is 4.42. The van der Waals surface area contributed by atoms with Crippen LogP contribution in [-0.2, 0) is 6.54 Å². The average Bonchev–Trinajstić information content (AvgIpc) is 2.45. The van der Waals surface area contributed by atoms with E-state index in [1.807, 2.05) is 0 Å². The highest BCUT2D eigenvalue weighted by Crippen LogP contribution is 2.17. The molecule has 0 aliphatic carbocycles. The number of aliphatic imine (C=N–C) groups is 1. The van der Waals surface area contributed by atoms with Gasteiger partial charge in [0, 0.05) is 26.7 Å². The van der Waals surface area contributed by atoms with E-state index in [2.05, 4.69) is 22.1 Å². The van der Waals surface area contributed by atoms with Crippen molar-refractivity contribution in [3.8, 4) is 5.75 Å². The molecule has 1 aliphatic rings. The number of guanidine groups is 1. The Morgan fingerprint density at radius 3 is 2.75 bits per heavy atom. The molecule has 1 saturated heterocycles. The molecule has 0 atom stereocenters. The van der Waals surface area contributed by atoms with Gasteiger partial charge in [-0.15, -0.1) is 0 Å². The highest BCUT2D eigenvalue weighted by Gasteiger charge is 2.18. The number of hydrogen-bond donors (Lipinski definition) is 2. The number of nitrogens with zero attached hydrogens (tertiary/aromatic N) is 2. The third-order valence-electron chi connectivity index (χ3n) is 3.76. The molecule has 110 valence electrons. The van der Waals surface area contributed by atoms with Crippen LogP contribution in [0.3, 0.4) is 0 Å². The monoisotopic (exact) mass is 279 g/mol. The number of aromatic hydroxyl groups is 1. The van der Waals surface area contributed by atoms with Crippen molar-refractivity contribution in [1.29, 1.82) is 0 Å². The van der Waals surface area contributed by atoms with E-state index in [-0.39, 0.29) is 5.75 Å². The summed E-state index contributed by atoms with van der Waals surface area (Å²) in [6.07, 6.45) is 2.35. The first kappa shape index (κ1) is 14.6. The van der Waals surface area contributed by atoms with Gasteiger partial charge in [-0.25, -0.2) is 4.39 Å². The maximum Gasteiger partial charge on any atom is 0.193 e. The van der Waals surface area contributed by atoms with E-state index in [9.17, 15) is 4.39 Å². The predicted molar refractivity (Wildman–Crippen MR) is 78.2 cm³/mol. The Bertz CT molecular complexity index is 482. The number of phenols is 1. The SMILES string of the molecule is CN=C(NCc1ccc(O)c(F)c1)N1CCC(C)CC1. The van der Waals surface area contributed by atoms with E-state index in [0.29, 0.717) is 6.54 Å². The predicted octanol–water partition coefficient (Wildman–Crippen LogP) is 2.34. The summed E-state index contributed by atoms with van der Waals surface area (Å²) in [5.74, 6) is 0.718. The van der Waals surface area contributed by atoms with Gasteiger partial charge in [0.25, 0.3) is 0 Å². The quantitative estimate of drug-likeness (QED) is 0.645. The zero-order valence-corrected chi connectivity index (χ0v) is 12.1. The number of rotatable bonds is 2. The number of phenolic OH excluding ortho intramolecular Hbond substituents is 1. The molecule has 0 spiro atoms. The van der Waals surface area contributed by atoms with Gasteiger partial charge in [-0.1, -0.05) is 13.0 Å². The number of likely N-dealkylation sites (tertiary alicyclic amines) is 1. The van der Waals surface area contributed by atoms with Gasteiger partial charge in [0.05, 0.1) is 0 Å². The Morgan fingerprint density at radius 1 is 1.45 bits per heavy atom. The maximum atomic E-state index is 13.3. The lowest BCUT2D eigenvalue weighted by molar-refractivity contribution is 0.273. The molecule has 4 nitrogen and oxygen atoms in total. The zero-order chi connectivity index (χ0) is 14.5. The summed E-state index contributed by atoms with van der Waals surface area (Å²) >= 11 is 0. The van der Waals surface area contributed by atoms with E-state index in [4.69, 9.17) is 5.11 Å². The number of halogens is 1. The van der Waals surface area contributed by atoms with Crippen molar-refractivity contribution in [2.75, 3.05) is 20.1 Å². The van der Waals surface area contributed by atoms with Gasteiger partial charge < -0.3 is 15.3 Å². The van der Waals surface area contributed by atoms with Crippen LogP contribution in [0.4, 0.5) is 4.39 Å². The summed E-state index contributed by atoms with van der Waals surface area (Å²) in [6.45, 7) is 4.78. The van der Waals surface area contributed by atoms with E-state index in [0.717, 1.165) is 30.5 Å². The third kappa shape index (κ3) is 3.62. The van der Waals surface area contributed by atoms with Crippen LogP contribution in [-0.4, -0.2) is 36.1 Å². The van der Waals surface area contributed by atoms with E-state index < -0.39 is 5.82 Å². The fourth-order valence-electron chi connectivity index (χ4n) is 2.39. The van der Waals surface area contributed by atoms with Crippen molar-refractivity contribution in [3.05, 3.63) is 29.6 Å². The van der Waals surface area contributed by atoms with Gasteiger partial charge in [-0.2, -0.15) is 0 Å². The van der Waals surface area contributed by atoms with Crippen molar-refractivity contribution >= 4 is 5.96 Å². The molecule has 0 aromatic heterocycles. The topological polar surface area (TPSA) is 47.9 Å². The van der Waals surface area contributed by atoms with Crippen molar-refractivity contribution in [3.63, 3.8) is 0 Å². The molecular formula is C15H22FN3O. The summed E-state index contributed by atoms with van der Waals surface area (Å²) in [7, 11) is 1.76. The lowest BCUT2D eigenvalue weighted by Crippen LogP contribution is -2.45. The maximum absolute atomic E-state index is 13.3. The van der Waals surface area contributed by atoms with Gasteiger partial charge in [-0.05, 0) is 36.5 Å². The second-order valence-corrected chi connectivity index (χ2v) is 5.36. The average molecular weight is 279 g/mol. The first-order valence-corrected chi connectivity index (χ1v) is 7.03. The lowest BCUT2D eigenvalue weighted by atomic mass is 9.99. The molecule has 0 amide bonds. The number of hydrogen-bond acceptors (Lipinski definition) is 2. The standard InChI is InChI=1S/C15H22FN3O/c1-11-5-7-19(8-6-11)15(17-2)18-10-12-3-4-14(20)13(16)9-12/h3-4,9,11,20H,5-8,10H2,1-2H3,(H,17,18). The van der Waals surface area contributed by atoms with E-state index in [1.54, 1.807) is 13.1 Å². The van der Waals surface area contributed by atoms with Gasteiger partial charge >= 0.3 is 0 Å². The van der Waals surface area contributed by atoms with Crippen LogP contribution in [0, 0.1) is 11.7 Å². The molecule has 1 fully saturated rings. The van der Waals surface area contributed by atoms with Crippen molar-refractivity contribution in [2.45, 2.75) is 26.3 Å². The van der Waals surface area contributed by atoms with Gasteiger partial charge in [0.15, 0.2) is 17.5 Å². The molecule has 5 heteroatoms. The van der Waals surface area contributed by atoms with Gasteiger partial charge in [0.1, 0.15) is 0 Å². The molecule has 2 rings (SSSR count). The lowest BCUT2D eigenvalue weighted by Gasteiger charge is -2.32. The fraction of sp³-hybridized carbons (Fsp3) is 0.533. The molecule has 2 N–H and O–H groups in total. The van der Waals surface area contributed by atoms with Crippen molar-refractivity contribution in [2.24, 2.45) is 10.9 Å². The first-order valence-electron chi connectivity index (χ1n) is 7.03. The second kappa shape index (κ2) is 6.59. The molecule has 1 aromatic carbocycles. The third-order valence-corrected chi connectivity index (χ3v) is 3.76. The molecule has 0 bridgehead atoms. The molecule has 0 radical (unpaired) electrons. The van der Waals surface area contributed by atoms with Crippen molar-refractivity contribution < 1.29 is 9.50 Å². The summed E-state index contributed by atoms with van der Waals surface area (Å²) in [5, 5.41) is 12.4. The molecule has 1 aromatic rings. The molecule has 0 saturated carbocycles. The van der Waals surface area contributed by atoms with E-state index in [1.165, 1.54) is 25.0 Å². The Morgan fingerprint density at radius 2 is 2.15 bits per heavy atom. The summed E-state index contributed by atoms with van der Waals surface area (Å²) < 4.78 is 13.3. The minimum Gasteiger partial charge on any atom is -0.505 e. The van der Waals surface area contributed by atoms with Crippen LogP contribution in [0.25, 0.3) is 0 Å². The Balaban J connectivity index is 1.92. The Labute approximate surface area is 119 Å². The Hall–Kier alpha value is -1.78. The van der Waals surface area contributed by atoms with Crippen LogP contribution < -0.4 is 5.32 Å². The molecule has 1 heterocycles. The first-order chi connectivity index (χ1) is 9.60. The van der Waals surface area contributed by atoms with Crippen LogP contribution in [0.5, 0.6) is 5.75 Å². The molecule has 0 unspecified atom stereocenters. The molecule has 20 heavy (non-hydrogen) atoms. The Kier molecular flexibility index (Phi) is 4.82. The van der Waals surface area contributed by atoms with Gasteiger partial charge in [0.2, 0.25) is 0 Å². The van der Waals surface area contributed by atoms with Crippen LogP contribution in [0.2, 0.25) is 0 Å². The largest absolute Gasteiger partial charge is 0.505 e. The number of benzene rings is 1. The van der Waals surface area contributed by atoms with Crippen LogP contribution in [0.1, 0.15) is 25.3 Å². The minimum absolute atomic E-state index is 0.317. The zero-order valence-electron chi connectivity index (χ0n) is 12.1. The molecular weight excluding hydrogens is 257 g/mol. The highest BCUT2D eigenvalue weighted by atomic mass is 19.1. The van der Waals surface area contributed by atoms with Crippen LogP contribution >= 0.6 is 0 Å². The fourth-order valence-corrected chi connectivity index (χ4v) is 2.39. The highest BCUT2D eigenvalue weighted by molar-refractivity contribution is 5.79. The van der Waals surface area contributed by atoms with Gasteiger partial charge in [-0.3, -0.25) is 4.99 Å². The summed E-state index contributed by atoms with van der Waals surface area (Å²) in [4.78, 5) is 6.51. The van der Waals surface area contributed by atoms with Crippen LogP contribution in [0.15, 0.2) is 23.2 Å². The van der Waals surface area contributed by atoms with Crippen molar-refractivity contribution in [1.82, 2.24) is 10.2 Å². The summed E-state index contributed by atoms with van der Waals surface area (Å²) in [5.41, 5.74) is 0.784. The number of nitrogens with one attached hydrogen (secondary N) is 1. The second-order valence-electron chi connectivity index (χ2n) is 5.36. The smallest absolute Gasteiger partial charge is 0.193 e.